The fourth-order valence-corrected chi connectivity index (χ4v) is 3.55. The van der Waals surface area contributed by atoms with E-state index in [2.05, 4.69) is 10.5 Å². The van der Waals surface area contributed by atoms with E-state index in [4.69, 9.17) is 10.9 Å². The molecular formula is C15H19N3O2. The van der Waals surface area contributed by atoms with Crippen molar-refractivity contribution in [1.82, 2.24) is 5.32 Å². The Morgan fingerprint density at radius 2 is 2.10 bits per heavy atom. The molecule has 4 N–H and O–H groups in total. The van der Waals surface area contributed by atoms with Gasteiger partial charge in [0.15, 0.2) is 5.84 Å². The van der Waals surface area contributed by atoms with Crippen molar-refractivity contribution in [2.75, 3.05) is 0 Å². The molecule has 106 valence electrons. The van der Waals surface area contributed by atoms with Gasteiger partial charge in [0.25, 0.3) is 5.91 Å². The lowest BCUT2D eigenvalue weighted by Gasteiger charge is -2.23. The van der Waals surface area contributed by atoms with Crippen molar-refractivity contribution in [2.24, 2.45) is 22.7 Å². The first-order chi connectivity index (χ1) is 9.67. The summed E-state index contributed by atoms with van der Waals surface area (Å²) in [7, 11) is 0. The van der Waals surface area contributed by atoms with Crippen LogP contribution >= 0.6 is 0 Å². The van der Waals surface area contributed by atoms with Gasteiger partial charge in [-0.05, 0) is 43.2 Å². The van der Waals surface area contributed by atoms with E-state index >= 15 is 0 Å². The molecule has 5 nitrogen and oxygen atoms in total. The normalized spacial score (nSPS) is 28.6. The minimum Gasteiger partial charge on any atom is -0.409 e. The minimum atomic E-state index is -0.0739. The predicted molar refractivity (Wildman–Crippen MR) is 75.7 cm³/mol. The number of nitrogens with zero attached hydrogens (tertiary/aromatic N) is 1. The second-order valence-corrected chi connectivity index (χ2v) is 5.82. The quantitative estimate of drug-likeness (QED) is 0.339. The third-order valence-corrected chi connectivity index (χ3v) is 4.58. The van der Waals surface area contributed by atoms with Crippen LogP contribution in [-0.2, 0) is 0 Å². The predicted octanol–water partition coefficient (Wildman–Crippen LogP) is 1.70. The summed E-state index contributed by atoms with van der Waals surface area (Å²) in [6, 6.07) is 7.16. The van der Waals surface area contributed by atoms with Crippen LogP contribution in [0.15, 0.2) is 29.4 Å². The lowest BCUT2D eigenvalue weighted by Crippen LogP contribution is -2.38. The fourth-order valence-electron chi connectivity index (χ4n) is 3.55. The molecule has 20 heavy (non-hydrogen) atoms. The second kappa shape index (κ2) is 5.15. The number of carbonyl (C=O) groups is 1. The Bertz CT molecular complexity index is 556. The Morgan fingerprint density at radius 1 is 1.30 bits per heavy atom. The van der Waals surface area contributed by atoms with Gasteiger partial charge in [-0.1, -0.05) is 23.7 Å². The summed E-state index contributed by atoms with van der Waals surface area (Å²) in [5, 5.41) is 14.8. The maximum Gasteiger partial charge on any atom is 0.251 e. The molecule has 0 aliphatic heterocycles. The van der Waals surface area contributed by atoms with Gasteiger partial charge in [0.1, 0.15) is 0 Å². The van der Waals surface area contributed by atoms with Gasteiger partial charge in [0, 0.05) is 17.2 Å². The fraction of sp³-hybridized carbons (Fsp3) is 0.467. The van der Waals surface area contributed by atoms with Crippen molar-refractivity contribution < 1.29 is 10.0 Å². The molecule has 1 amide bonds. The standard InChI is InChI=1S/C15H19N3O2/c16-14(18-20)11-2-1-3-12(8-11)15(19)17-13-7-9-4-5-10(13)6-9/h1-3,8-10,13,20H,4-7H2,(H2,16,18)(H,17,19). The van der Waals surface area contributed by atoms with E-state index in [1.807, 2.05) is 0 Å². The summed E-state index contributed by atoms with van der Waals surface area (Å²) < 4.78 is 0. The molecular weight excluding hydrogens is 254 g/mol. The molecule has 2 aliphatic rings. The van der Waals surface area contributed by atoms with Crippen LogP contribution in [0, 0.1) is 11.8 Å². The van der Waals surface area contributed by atoms with Crippen LogP contribution in [0.3, 0.4) is 0 Å². The first-order valence-corrected chi connectivity index (χ1v) is 7.06. The molecule has 0 spiro atoms. The van der Waals surface area contributed by atoms with Crippen molar-refractivity contribution in [3.8, 4) is 0 Å². The van der Waals surface area contributed by atoms with E-state index in [0.717, 1.165) is 12.3 Å². The largest absolute Gasteiger partial charge is 0.409 e. The third kappa shape index (κ3) is 2.35. The SMILES string of the molecule is NC(=NO)c1cccc(C(=O)NC2CC3CCC2C3)c1. The number of oxime groups is 1. The van der Waals surface area contributed by atoms with E-state index in [1.165, 1.54) is 19.3 Å². The Labute approximate surface area is 117 Å². The highest BCUT2D eigenvalue weighted by molar-refractivity contribution is 6.01. The molecule has 1 aromatic rings. The second-order valence-electron chi connectivity index (χ2n) is 5.82. The van der Waals surface area contributed by atoms with E-state index in [1.54, 1.807) is 24.3 Å². The van der Waals surface area contributed by atoms with Crippen molar-refractivity contribution in [3.05, 3.63) is 35.4 Å². The number of carbonyl (C=O) groups excluding carboxylic acids is 1. The van der Waals surface area contributed by atoms with Crippen LogP contribution in [0.25, 0.3) is 0 Å². The van der Waals surface area contributed by atoms with Crippen molar-refractivity contribution >= 4 is 11.7 Å². The molecule has 5 heteroatoms. The van der Waals surface area contributed by atoms with Gasteiger partial charge in [0.05, 0.1) is 0 Å². The molecule has 2 bridgehead atoms. The Kier molecular flexibility index (Phi) is 3.34. The van der Waals surface area contributed by atoms with Crippen molar-refractivity contribution in [2.45, 2.75) is 31.7 Å². The highest BCUT2D eigenvalue weighted by Crippen LogP contribution is 2.44. The zero-order valence-corrected chi connectivity index (χ0v) is 11.2. The number of fused-ring (bicyclic) bond motifs is 2. The lowest BCUT2D eigenvalue weighted by atomic mass is 9.95. The zero-order valence-electron chi connectivity index (χ0n) is 11.2. The van der Waals surface area contributed by atoms with Gasteiger partial charge in [-0.15, -0.1) is 0 Å². The molecule has 3 unspecified atom stereocenters. The molecule has 2 aliphatic carbocycles. The summed E-state index contributed by atoms with van der Waals surface area (Å²) in [5.74, 6) is 1.39. The Morgan fingerprint density at radius 3 is 2.75 bits per heavy atom. The molecule has 0 radical (unpaired) electrons. The van der Waals surface area contributed by atoms with Crippen LogP contribution in [-0.4, -0.2) is 23.0 Å². The van der Waals surface area contributed by atoms with Crippen LogP contribution in [0.1, 0.15) is 41.6 Å². The number of amides is 1. The molecule has 0 aromatic heterocycles. The molecule has 0 saturated heterocycles. The molecule has 2 fully saturated rings. The Balaban J connectivity index is 1.71. The molecule has 2 saturated carbocycles. The number of amidine groups is 1. The van der Waals surface area contributed by atoms with Gasteiger partial charge in [-0.2, -0.15) is 0 Å². The maximum atomic E-state index is 12.3. The van der Waals surface area contributed by atoms with Crippen molar-refractivity contribution in [1.29, 1.82) is 0 Å². The molecule has 3 atom stereocenters. The van der Waals surface area contributed by atoms with E-state index in [0.29, 0.717) is 23.1 Å². The molecule has 3 rings (SSSR count). The number of benzene rings is 1. The van der Waals surface area contributed by atoms with Crippen molar-refractivity contribution in [3.63, 3.8) is 0 Å². The van der Waals surface area contributed by atoms with Gasteiger partial charge in [0.2, 0.25) is 0 Å². The highest BCUT2D eigenvalue weighted by Gasteiger charge is 2.40. The zero-order chi connectivity index (χ0) is 14.1. The first kappa shape index (κ1) is 13.0. The van der Waals surface area contributed by atoms with Crippen LogP contribution < -0.4 is 11.1 Å². The maximum absolute atomic E-state index is 12.3. The average Bonchev–Trinajstić information content (AvgIpc) is 3.09. The van der Waals surface area contributed by atoms with Gasteiger partial charge in [-0.25, -0.2) is 0 Å². The van der Waals surface area contributed by atoms with Gasteiger partial charge < -0.3 is 16.3 Å². The lowest BCUT2D eigenvalue weighted by molar-refractivity contribution is 0.0923. The summed E-state index contributed by atoms with van der Waals surface area (Å²) in [6.45, 7) is 0. The van der Waals surface area contributed by atoms with E-state index in [-0.39, 0.29) is 11.7 Å². The number of nitrogens with one attached hydrogen (secondary N) is 1. The number of hydrogen-bond acceptors (Lipinski definition) is 3. The third-order valence-electron chi connectivity index (χ3n) is 4.58. The number of nitrogens with two attached hydrogens (primary N) is 1. The van der Waals surface area contributed by atoms with Gasteiger partial charge >= 0.3 is 0 Å². The monoisotopic (exact) mass is 273 g/mol. The van der Waals surface area contributed by atoms with Crippen LogP contribution in [0.5, 0.6) is 0 Å². The number of rotatable bonds is 3. The van der Waals surface area contributed by atoms with Crippen LogP contribution in [0.4, 0.5) is 0 Å². The summed E-state index contributed by atoms with van der Waals surface area (Å²) in [6.07, 6.45) is 4.92. The molecule has 1 aromatic carbocycles. The topological polar surface area (TPSA) is 87.7 Å². The van der Waals surface area contributed by atoms with Crippen LogP contribution in [0.2, 0.25) is 0 Å². The average molecular weight is 273 g/mol. The highest BCUT2D eigenvalue weighted by atomic mass is 16.4. The smallest absolute Gasteiger partial charge is 0.251 e. The summed E-state index contributed by atoms with van der Waals surface area (Å²) in [4.78, 5) is 12.3. The van der Waals surface area contributed by atoms with E-state index in [9.17, 15) is 4.79 Å². The van der Waals surface area contributed by atoms with Gasteiger partial charge in [-0.3, -0.25) is 4.79 Å². The summed E-state index contributed by atoms with van der Waals surface area (Å²) in [5.41, 5.74) is 6.65. The number of hydrogen-bond donors (Lipinski definition) is 3. The minimum absolute atomic E-state index is 0.0135. The van der Waals surface area contributed by atoms with E-state index < -0.39 is 0 Å². The Hall–Kier alpha value is -2.04. The molecule has 0 heterocycles. The summed E-state index contributed by atoms with van der Waals surface area (Å²) >= 11 is 0. The first-order valence-electron chi connectivity index (χ1n) is 7.06.